The van der Waals surface area contributed by atoms with E-state index in [1.54, 1.807) is 24.3 Å². The Morgan fingerprint density at radius 2 is 2.00 bits per heavy atom. The largest absolute Gasteiger partial charge is 0.490 e. The Bertz CT molecular complexity index is 856. The Morgan fingerprint density at radius 3 is 2.67 bits per heavy atom. The summed E-state index contributed by atoms with van der Waals surface area (Å²) in [6.45, 7) is 3.13. The molecule has 0 aliphatic carbocycles. The Balaban J connectivity index is 2.19. The molecule has 0 saturated carbocycles. The summed E-state index contributed by atoms with van der Waals surface area (Å²) in [5.74, 6) is -1.73. The lowest BCUT2D eigenvalue weighted by molar-refractivity contribution is -0.139. The van der Waals surface area contributed by atoms with Crippen LogP contribution in [0.3, 0.4) is 0 Å². The number of ether oxygens (including phenoxy) is 2. The predicted octanol–water partition coefficient (Wildman–Crippen LogP) is 3.55. The highest BCUT2D eigenvalue weighted by atomic mass is 79.9. The lowest BCUT2D eigenvalue weighted by Gasteiger charge is -2.13. The first-order valence-corrected chi connectivity index (χ1v) is 8.64. The average Bonchev–Trinajstić information content (AvgIpc) is 2.64. The standard InChI is InChI=1S/C19H17BrFNO5/c1-2-7-26-14-5-6-17(27-11-18(23)24)15(9-14)19(25)22-10-12-3-4-13(20)8-16(12)21/h2-6,8-9H,1,7,10-11H2,(H,22,25)(H,23,24). The molecule has 0 aliphatic heterocycles. The van der Waals surface area contributed by atoms with Crippen molar-refractivity contribution in [3.8, 4) is 11.5 Å². The molecule has 0 aliphatic rings. The molecule has 2 aromatic rings. The van der Waals surface area contributed by atoms with Gasteiger partial charge in [-0.15, -0.1) is 0 Å². The smallest absolute Gasteiger partial charge is 0.341 e. The number of carbonyl (C=O) groups excluding carboxylic acids is 1. The van der Waals surface area contributed by atoms with Crippen molar-refractivity contribution in [2.24, 2.45) is 0 Å². The minimum absolute atomic E-state index is 0.0476. The van der Waals surface area contributed by atoms with Crippen LogP contribution in [0.25, 0.3) is 0 Å². The van der Waals surface area contributed by atoms with E-state index in [2.05, 4.69) is 27.8 Å². The van der Waals surface area contributed by atoms with E-state index in [9.17, 15) is 14.0 Å². The number of amides is 1. The van der Waals surface area contributed by atoms with Gasteiger partial charge in [0.2, 0.25) is 0 Å². The zero-order valence-electron chi connectivity index (χ0n) is 14.2. The van der Waals surface area contributed by atoms with E-state index in [0.29, 0.717) is 15.8 Å². The molecule has 2 N–H and O–H groups in total. The maximum atomic E-state index is 13.9. The fourth-order valence-electron chi connectivity index (χ4n) is 2.13. The summed E-state index contributed by atoms with van der Waals surface area (Å²) >= 11 is 3.17. The molecule has 0 aromatic heterocycles. The monoisotopic (exact) mass is 437 g/mol. The zero-order chi connectivity index (χ0) is 19.8. The Labute approximate surface area is 163 Å². The molecule has 0 bridgehead atoms. The van der Waals surface area contributed by atoms with E-state index in [1.807, 2.05) is 0 Å². The van der Waals surface area contributed by atoms with Gasteiger partial charge in [-0.1, -0.05) is 34.7 Å². The predicted molar refractivity (Wildman–Crippen MR) is 101 cm³/mol. The third kappa shape index (κ3) is 6.10. The van der Waals surface area contributed by atoms with Gasteiger partial charge >= 0.3 is 5.97 Å². The van der Waals surface area contributed by atoms with Gasteiger partial charge in [-0.3, -0.25) is 4.79 Å². The summed E-state index contributed by atoms with van der Waals surface area (Å²) < 4.78 is 25.0. The van der Waals surface area contributed by atoms with Gasteiger partial charge in [0.05, 0.1) is 5.56 Å². The number of carboxylic acid groups (broad SMARTS) is 1. The van der Waals surface area contributed by atoms with Gasteiger partial charge < -0.3 is 19.9 Å². The van der Waals surface area contributed by atoms with Crippen molar-refractivity contribution in [1.29, 1.82) is 0 Å². The first kappa shape index (κ1) is 20.4. The molecule has 0 heterocycles. The summed E-state index contributed by atoms with van der Waals surface area (Å²) in [5.41, 5.74) is 0.383. The number of halogens is 2. The second-order valence-corrected chi connectivity index (χ2v) is 6.27. The third-order valence-electron chi connectivity index (χ3n) is 3.37. The molecular weight excluding hydrogens is 421 g/mol. The van der Waals surface area contributed by atoms with Crippen LogP contribution in [0.15, 0.2) is 53.5 Å². The Kier molecular flexibility index (Phi) is 7.36. The number of carboxylic acids is 1. The van der Waals surface area contributed by atoms with Crippen LogP contribution in [-0.4, -0.2) is 30.2 Å². The van der Waals surface area contributed by atoms with E-state index in [-0.39, 0.29) is 24.5 Å². The molecule has 27 heavy (non-hydrogen) atoms. The molecule has 2 aromatic carbocycles. The van der Waals surface area contributed by atoms with Crippen LogP contribution < -0.4 is 14.8 Å². The molecule has 0 atom stereocenters. The highest BCUT2D eigenvalue weighted by Crippen LogP contribution is 2.25. The van der Waals surface area contributed by atoms with E-state index in [4.69, 9.17) is 14.6 Å². The second kappa shape index (κ2) is 9.72. The SMILES string of the molecule is C=CCOc1ccc(OCC(=O)O)c(C(=O)NCc2ccc(Br)cc2F)c1. The first-order chi connectivity index (χ1) is 12.9. The Hall–Kier alpha value is -2.87. The normalized spacial score (nSPS) is 10.1. The molecule has 8 heteroatoms. The fraction of sp³-hybridized carbons (Fsp3) is 0.158. The van der Waals surface area contributed by atoms with Gasteiger partial charge in [-0.25, -0.2) is 9.18 Å². The third-order valence-corrected chi connectivity index (χ3v) is 3.86. The number of hydrogen-bond acceptors (Lipinski definition) is 4. The minimum Gasteiger partial charge on any atom is -0.490 e. The van der Waals surface area contributed by atoms with Gasteiger partial charge in [0, 0.05) is 16.6 Å². The molecular formula is C19H17BrFNO5. The summed E-state index contributed by atoms with van der Waals surface area (Å²) in [5, 5.41) is 11.4. The van der Waals surface area contributed by atoms with E-state index in [0.717, 1.165) is 0 Å². The number of benzene rings is 2. The van der Waals surface area contributed by atoms with Crippen molar-refractivity contribution in [3.05, 3.63) is 70.5 Å². The second-order valence-electron chi connectivity index (χ2n) is 5.36. The summed E-state index contributed by atoms with van der Waals surface area (Å²) in [7, 11) is 0. The van der Waals surface area contributed by atoms with E-state index < -0.39 is 24.3 Å². The first-order valence-electron chi connectivity index (χ1n) is 7.85. The number of rotatable bonds is 9. The van der Waals surface area contributed by atoms with Gasteiger partial charge in [-0.05, 0) is 30.3 Å². The molecule has 0 spiro atoms. The van der Waals surface area contributed by atoms with Crippen LogP contribution in [0, 0.1) is 5.82 Å². The fourth-order valence-corrected chi connectivity index (χ4v) is 2.47. The van der Waals surface area contributed by atoms with Crippen LogP contribution >= 0.6 is 15.9 Å². The van der Waals surface area contributed by atoms with E-state index >= 15 is 0 Å². The van der Waals surface area contributed by atoms with Crippen molar-refractivity contribution in [2.45, 2.75) is 6.54 Å². The molecule has 1 amide bonds. The Morgan fingerprint density at radius 1 is 1.22 bits per heavy atom. The average molecular weight is 438 g/mol. The van der Waals surface area contributed by atoms with Crippen molar-refractivity contribution in [2.75, 3.05) is 13.2 Å². The summed E-state index contributed by atoms with van der Waals surface area (Å²) in [6.07, 6.45) is 1.55. The topological polar surface area (TPSA) is 84.9 Å². The highest BCUT2D eigenvalue weighted by molar-refractivity contribution is 9.10. The maximum Gasteiger partial charge on any atom is 0.341 e. The van der Waals surface area contributed by atoms with E-state index in [1.165, 1.54) is 18.2 Å². The summed E-state index contributed by atoms with van der Waals surface area (Å²) in [6, 6.07) is 8.92. The molecule has 0 radical (unpaired) electrons. The highest BCUT2D eigenvalue weighted by Gasteiger charge is 2.16. The minimum atomic E-state index is -1.18. The lowest BCUT2D eigenvalue weighted by Crippen LogP contribution is -2.24. The number of carbonyl (C=O) groups is 2. The van der Waals surface area contributed by atoms with Crippen molar-refractivity contribution >= 4 is 27.8 Å². The lowest BCUT2D eigenvalue weighted by atomic mass is 10.1. The van der Waals surface area contributed by atoms with Crippen LogP contribution in [0.2, 0.25) is 0 Å². The van der Waals surface area contributed by atoms with Gasteiger partial charge in [-0.2, -0.15) is 0 Å². The van der Waals surface area contributed by atoms with Crippen molar-refractivity contribution in [1.82, 2.24) is 5.32 Å². The van der Waals surface area contributed by atoms with Crippen LogP contribution in [0.4, 0.5) is 4.39 Å². The quantitative estimate of drug-likeness (QED) is 0.586. The van der Waals surface area contributed by atoms with Gasteiger partial charge in [0.15, 0.2) is 6.61 Å². The van der Waals surface area contributed by atoms with Gasteiger partial charge in [0.25, 0.3) is 5.91 Å². The van der Waals surface area contributed by atoms with Gasteiger partial charge in [0.1, 0.15) is 23.9 Å². The van der Waals surface area contributed by atoms with Crippen LogP contribution in [0.5, 0.6) is 11.5 Å². The summed E-state index contributed by atoms with van der Waals surface area (Å²) in [4.78, 5) is 23.3. The molecule has 0 unspecified atom stereocenters. The van der Waals surface area contributed by atoms with Crippen molar-refractivity contribution < 1.29 is 28.6 Å². The maximum absolute atomic E-state index is 13.9. The number of nitrogens with one attached hydrogen (secondary N) is 1. The molecule has 2 rings (SSSR count). The number of aliphatic carboxylic acids is 1. The molecule has 6 nitrogen and oxygen atoms in total. The molecule has 0 fully saturated rings. The molecule has 0 saturated heterocycles. The van der Waals surface area contributed by atoms with Crippen molar-refractivity contribution in [3.63, 3.8) is 0 Å². The van der Waals surface area contributed by atoms with Crippen LogP contribution in [0.1, 0.15) is 15.9 Å². The molecule has 142 valence electrons. The number of hydrogen-bond donors (Lipinski definition) is 2. The van der Waals surface area contributed by atoms with Crippen LogP contribution in [-0.2, 0) is 11.3 Å². The zero-order valence-corrected chi connectivity index (χ0v) is 15.8.